The van der Waals surface area contributed by atoms with Crippen molar-refractivity contribution in [1.29, 1.82) is 0 Å². The summed E-state index contributed by atoms with van der Waals surface area (Å²) >= 11 is 0. The highest BCUT2D eigenvalue weighted by Crippen LogP contribution is 2.22. The van der Waals surface area contributed by atoms with Crippen molar-refractivity contribution in [3.05, 3.63) is 27.2 Å². The van der Waals surface area contributed by atoms with Crippen LogP contribution in [0.25, 0.3) is 11.2 Å². The number of nitrogens with zero attached hydrogens (tertiary/aromatic N) is 4. The summed E-state index contributed by atoms with van der Waals surface area (Å²) in [5.41, 5.74) is 0.304. The van der Waals surface area contributed by atoms with E-state index >= 15 is 0 Å². The molecule has 0 amide bonds. The van der Waals surface area contributed by atoms with Crippen LogP contribution in [0.5, 0.6) is 0 Å². The van der Waals surface area contributed by atoms with Gasteiger partial charge in [0.1, 0.15) is 0 Å². The molecule has 2 fully saturated rings. The molecule has 2 bridgehead atoms. The zero-order valence-corrected chi connectivity index (χ0v) is 15.9. The Labute approximate surface area is 157 Å². The van der Waals surface area contributed by atoms with Gasteiger partial charge in [-0.2, -0.15) is 0 Å². The van der Waals surface area contributed by atoms with Gasteiger partial charge < -0.3 is 27.0 Å². The standard InChI is InChI=1S/C17H25N5O3.ClH/c1-19-15-14(16(24)20(2)17(19)25)21(10-18-15)6-3-7-22-11-4-5-12(22)9-13(23)8-11;/h10-13,23H,3-9H2,1-2H3;1H. The number of nitrogens with one attached hydrogen (secondary N) is 1. The molecule has 4 heterocycles. The Kier molecular flexibility index (Phi) is 5.28. The molecule has 0 aromatic carbocycles. The van der Waals surface area contributed by atoms with Gasteiger partial charge in [-0.1, -0.05) is 0 Å². The number of aliphatic hydroxyl groups excluding tert-OH is 1. The number of rotatable bonds is 4. The summed E-state index contributed by atoms with van der Waals surface area (Å²) in [4.78, 5) is 30.3. The zero-order valence-electron chi connectivity index (χ0n) is 15.2. The van der Waals surface area contributed by atoms with Crippen molar-refractivity contribution in [2.45, 2.75) is 56.8 Å². The van der Waals surface area contributed by atoms with Crippen LogP contribution < -0.4 is 28.6 Å². The molecule has 2 aliphatic heterocycles. The Hall–Kier alpha value is -1.64. The monoisotopic (exact) mass is 383 g/mol. The third-order valence-corrected chi connectivity index (χ3v) is 6.11. The Bertz CT molecular complexity index is 903. The fraction of sp³-hybridized carbons (Fsp3) is 0.706. The van der Waals surface area contributed by atoms with Gasteiger partial charge in [0.15, 0.2) is 11.2 Å². The van der Waals surface area contributed by atoms with Crippen molar-refractivity contribution < 1.29 is 22.4 Å². The highest BCUT2D eigenvalue weighted by Gasteiger charge is 2.43. The van der Waals surface area contributed by atoms with E-state index in [4.69, 9.17) is 0 Å². The largest absolute Gasteiger partial charge is 1.00 e. The van der Waals surface area contributed by atoms with Crippen LogP contribution >= 0.6 is 0 Å². The predicted octanol–water partition coefficient (Wildman–Crippen LogP) is -4.60. The molecule has 2 N–H and O–H groups in total. The van der Waals surface area contributed by atoms with E-state index in [1.165, 1.54) is 24.5 Å². The number of hydrogen-bond donors (Lipinski definition) is 2. The molecule has 9 heteroatoms. The zero-order chi connectivity index (χ0) is 17.7. The van der Waals surface area contributed by atoms with Crippen LogP contribution in [-0.4, -0.2) is 48.5 Å². The second-order valence-corrected chi connectivity index (χ2v) is 7.59. The summed E-state index contributed by atoms with van der Waals surface area (Å²) in [7, 11) is 3.14. The summed E-state index contributed by atoms with van der Waals surface area (Å²) in [6.07, 6.45) is 6.76. The van der Waals surface area contributed by atoms with Gasteiger partial charge in [-0.15, -0.1) is 0 Å². The molecule has 2 saturated heterocycles. The Balaban J connectivity index is 0.00000196. The molecule has 144 valence electrons. The molecule has 0 saturated carbocycles. The lowest BCUT2D eigenvalue weighted by molar-refractivity contribution is -0.942. The molecular weight excluding hydrogens is 358 g/mol. The number of aliphatic hydroxyl groups is 1. The lowest BCUT2D eigenvalue weighted by Crippen LogP contribution is -3.18. The molecule has 2 aromatic heterocycles. The summed E-state index contributed by atoms with van der Waals surface area (Å²) in [6, 6.07) is 1.17. The number of hydrogen-bond acceptors (Lipinski definition) is 4. The normalized spacial score (nSPS) is 27.7. The van der Waals surface area contributed by atoms with Crippen LogP contribution in [0.2, 0.25) is 0 Å². The molecular formula is C17H26ClN5O3. The SMILES string of the molecule is Cn1c(=O)c2c(ncn2CCC[NH+]2C3CCC2CC(O)C3)n(C)c1=O.[Cl-]. The fourth-order valence-electron chi connectivity index (χ4n) is 4.83. The highest BCUT2D eigenvalue weighted by atomic mass is 35.5. The van der Waals surface area contributed by atoms with Crippen molar-refractivity contribution in [1.82, 2.24) is 18.7 Å². The van der Waals surface area contributed by atoms with E-state index in [9.17, 15) is 14.7 Å². The van der Waals surface area contributed by atoms with Crippen LogP contribution in [0.4, 0.5) is 0 Å². The molecule has 2 aliphatic rings. The number of fused-ring (bicyclic) bond motifs is 3. The maximum atomic E-state index is 12.5. The van der Waals surface area contributed by atoms with E-state index in [-0.39, 0.29) is 29.8 Å². The smallest absolute Gasteiger partial charge is 0.332 e. The van der Waals surface area contributed by atoms with Gasteiger partial charge in [0.25, 0.3) is 5.56 Å². The van der Waals surface area contributed by atoms with Crippen LogP contribution in [0, 0.1) is 0 Å². The topological polar surface area (TPSA) is 86.5 Å². The van der Waals surface area contributed by atoms with Crippen molar-refractivity contribution in [3.63, 3.8) is 0 Å². The minimum Gasteiger partial charge on any atom is -1.00 e. The van der Waals surface area contributed by atoms with Crippen LogP contribution in [0.3, 0.4) is 0 Å². The number of piperidine rings is 1. The van der Waals surface area contributed by atoms with Crippen molar-refractivity contribution in [2.75, 3.05) is 6.54 Å². The number of imidazole rings is 1. The summed E-state index contributed by atoms with van der Waals surface area (Å²) in [5.74, 6) is 0. The van der Waals surface area contributed by atoms with Crippen LogP contribution in [0.15, 0.2) is 15.9 Å². The van der Waals surface area contributed by atoms with E-state index in [2.05, 4.69) is 4.98 Å². The van der Waals surface area contributed by atoms with Gasteiger partial charge >= 0.3 is 5.69 Å². The first-order chi connectivity index (χ1) is 12.0. The van der Waals surface area contributed by atoms with Gasteiger partial charge in [-0.3, -0.25) is 13.9 Å². The average Bonchev–Trinajstić information content (AvgIpc) is 3.11. The van der Waals surface area contributed by atoms with E-state index < -0.39 is 0 Å². The highest BCUT2D eigenvalue weighted by molar-refractivity contribution is 5.69. The number of aromatic nitrogens is 4. The Morgan fingerprint density at radius 3 is 2.50 bits per heavy atom. The van der Waals surface area contributed by atoms with Crippen molar-refractivity contribution >= 4 is 11.2 Å². The fourth-order valence-corrected chi connectivity index (χ4v) is 4.83. The molecule has 26 heavy (non-hydrogen) atoms. The first-order valence-electron chi connectivity index (χ1n) is 9.12. The molecule has 8 nitrogen and oxygen atoms in total. The molecule has 0 radical (unpaired) electrons. The molecule has 0 spiro atoms. The third kappa shape index (κ3) is 3.00. The van der Waals surface area contributed by atoms with Gasteiger partial charge in [-0.25, -0.2) is 9.78 Å². The maximum Gasteiger partial charge on any atom is 0.332 e. The van der Waals surface area contributed by atoms with E-state index in [0.717, 1.165) is 36.9 Å². The summed E-state index contributed by atoms with van der Waals surface area (Å²) in [5, 5.41) is 9.92. The predicted molar refractivity (Wildman–Crippen MR) is 92.7 cm³/mol. The first-order valence-corrected chi connectivity index (χ1v) is 9.12. The van der Waals surface area contributed by atoms with Crippen LogP contribution in [0.1, 0.15) is 32.1 Å². The maximum absolute atomic E-state index is 12.5. The second-order valence-electron chi connectivity index (χ2n) is 7.59. The Morgan fingerprint density at radius 2 is 1.85 bits per heavy atom. The lowest BCUT2D eigenvalue weighted by Gasteiger charge is -2.34. The molecule has 2 unspecified atom stereocenters. The molecule has 4 rings (SSSR count). The Morgan fingerprint density at radius 1 is 1.19 bits per heavy atom. The lowest BCUT2D eigenvalue weighted by atomic mass is 10.00. The molecule has 0 aliphatic carbocycles. The average molecular weight is 384 g/mol. The van der Waals surface area contributed by atoms with Gasteiger partial charge in [-0.05, 0) is 0 Å². The van der Waals surface area contributed by atoms with Gasteiger partial charge in [0, 0.05) is 52.7 Å². The van der Waals surface area contributed by atoms with Crippen molar-refractivity contribution in [2.24, 2.45) is 14.1 Å². The van der Waals surface area contributed by atoms with E-state index in [1.807, 2.05) is 4.57 Å². The minimum absolute atomic E-state index is 0. The summed E-state index contributed by atoms with van der Waals surface area (Å²) in [6.45, 7) is 1.77. The minimum atomic E-state index is -0.351. The van der Waals surface area contributed by atoms with Gasteiger partial charge in [0.2, 0.25) is 0 Å². The number of aryl methyl sites for hydroxylation is 2. The quantitative estimate of drug-likeness (QED) is 0.556. The second kappa shape index (κ2) is 7.17. The van der Waals surface area contributed by atoms with Crippen LogP contribution in [-0.2, 0) is 20.6 Å². The van der Waals surface area contributed by atoms with Crippen molar-refractivity contribution in [3.8, 4) is 0 Å². The number of quaternary nitrogens is 1. The molecule has 2 atom stereocenters. The number of halogens is 1. The molecule has 2 aromatic rings. The third-order valence-electron chi connectivity index (χ3n) is 6.11. The first kappa shape index (κ1) is 19.1. The summed E-state index contributed by atoms with van der Waals surface area (Å²) < 4.78 is 4.43. The van der Waals surface area contributed by atoms with E-state index in [1.54, 1.807) is 18.3 Å². The van der Waals surface area contributed by atoms with E-state index in [0.29, 0.717) is 23.2 Å². The van der Waals surface area contributed by atoms with Gasteiger partial charge in [0.05, 0.1) is 31.1 Å².